The number of hydrogen-bond donors (Lipinski definition) is 0. The lowest BCUT2D eigenvalue weighted by atomic mass is 10.0. The molecule has 1 atom stereocenters. The lowest BCUT2D eigenvalue weighted by Gasteiger charge is -2.18. The van der Waals surface area contributed by atoms with Crippen LogP contribution in [0.25, 0.3) is 0 Å². The molecule has 1 unspecified atom stereocenters. The van der Waals surface area contributed by atoms with Crippen LogP contribution < -0.4 is 0 Å². The first-order valence-corrected chi connectivity index (χ1v) is 28.6. The zero-order valence-corrected chi connectivity index (χ0v) is 44.6. The van der Waals surface area contributed by atoms with Gasteiger partial charge in [-0.3, -0.25) is 14.4 Å². The third-order valence-corrected chi connectivity index (χ3v) is 12.1. The molecular formula is C62H106O6. The van der Waals surface area contributed by atoms with Gasteiger partial charge >= 0.3 is 17.9 Å². The van der Waals surface area contributed by atoms with Crippen molar-refractivity contribution in [1.29, 1.82) is 0 Å². The Hall–Kier alpha value is -3.41. The molecule has 0 aromatic rings. The molecule has 0 aromatic heterocycles. The van der Waals surface area contributed by atoms with Crippen LogP contribution in [0.4, 0.5) is 0 Å². The standard InChI is InChI=1S/C62H106O6/c1-4-7-10-13-16-19-22-25-27-29-30-31-32-34-35-37-40-43-46-49-52-55-61(64)67-58-59(57-66-60(63)54-51-48-45-42-39-24-21-18-15-12-9-6-3)68-62(65)56-53-50-47-44-41-38-36-33-28-26-23-20-17-14-11-8-5-2/h7,10,16,19,25-28,30-31,34-35,40,43,59H,4-6,8-9,11-15,17-18,20-24,29,32-33,36-39,41-42,44-58H2,1-3H3/b10-7-,19-16-,27-25-,28-26-,31-30-,35-34-,43-40-. The quantitative estimate of drug-likeness (QED) is 0.0262. The first-order chi connectivity index (χ1) is 33.5. The lowest BCUT2D eigenvalue weighted by Crippen LogP contribution is -2.30. The number of unbranched alkanes of at least 4 members (excludes halogenated alkanes) is 26. The van der Waals surface area contributed by atoms with E-state index in [4.69, 9.17) is 14.2 Å². The number of rotatable bonds is 51. The summed E-state index contributed by atoms with van der Waals surface area (Å²) in [4.78, 5) is 38.1. The van der Waals surface area contributed by atoms with Crippen molar-refractivity contribution in [3.8, 4) is 0 Å². The molecule has 0 fully saturated rings. The van der Waals surface area contributed by atoms with Crippen LogP contribution >= 0.6 is 0 Å². The average molecular weight is 948 g/mol. The maximum Gasteiger partial charge on any atom is 0.306 e. The van der Waals surface area contributed by atoms with Crippen molar-refractivity contribution in [2.75, 3.05) is 13.2 Å². The van der Waals surface area contributed by atoms with E-state index in [1.165, 1.54) is 135 Å². The van der Waals surface area contributed by atoms with E-state index in [-0.39, 0.29) is 31.1 Å². The van der Waals surface area contributed by atoms with Gasteiger partial charge in [0.1, 0.15) is 13.2 Å². The van der Waals surface area contributed by atoms with E-state index < -0.39 is 6.10 Å². The highest BCUT2D eigenvalue weighted by atomic mass is 16.6. The topological polar surface area (TPSA) is 78.9 Å². The Morgan fingerprint density at radius 1 is 0.309 bits per heavy atom. The molecule has 0 aliphatic heterocycles. The Labute approximate surface area is 420 Å². The predicted molar refractivity (Wildman–Crippen MR) is 293 cm³/mol. The van der Waals surface area contributed by atoms with Crippen molar-refractivity contribution in [1.82, 2.24) is 0 Å². The van der Waals surface area contributed by atoms with Gasteiger partial charge in [-0.15, -0.1) is 0 Å². The van der Waals surface area contributed by atoms with Gasteiger partial charge in [0.25, 0.3) is 0 Å². The third kappa shape index (κ3) is 53.5. The fourth-order valence-electron chi connectivity index (χ4n) is 7.85. The number of ether oxygens (including phenoxy) is 3. The number of carbonyl (C=O) groups excluding carboxylic acids is 3. The van der Waals surface area contributed by atoms with Gasteiger partial charge in [-0.1, -0.05) is 241 Å². The third-order valence-electron chi connectivity index (χ3n) is 12.1. The van der Waals surface area contributed by atoms with Crippen LogP contribution in [0.5, 0.6) is 0 Å². The average Bonchev–Trinajstić information content (AvgIpc) is 3.34. The van der Waals surface area contributed by atoms with Gasteiger partial charge in [0.2, 0.25) is 0 Å². The Balaban J connectivity index is 4.44. The molecule has 0 aliphatic carbocycles. The van der Waals surface area contributed by atoms with Gasteiger partial charge in [-0.05, 0) is 96.3 Å². The van der Waals surface area contributed by atoms with Gasteiger partial charge in [0, 0.05) is 19.3 Å². The molecular weight excluding hydrogens is 841 g/mol. The number of hydrogen-bond acceptors (Lipinski definition) is 6. The van der Waals surface area contributed by atoms with E-state index in [1.54, 1.807) is 0 Å². The second-order valence-corrected chi connectivity index (χ2v) is 18.8. The smallest absolute Gasteiger partial charge is 0.306 e. The number of esters is 3. The summed E-state index contributed by atoms with van der Waals surface area (Å²) in [6, 6.07) is 0. The van der Waals surface area contributed by atoms with Crippen LogP contribution in [0.3, 0.4) is 0 Å². The van der Waals surface area contributed by atoms with Gasteiger partial charge in [-0.2, -0.15) is 0 Å². The Morgan fingerprint density at radius 3 is 0.941 bits per heavy atom. The highest BCUT2D eigenvalue weighted by molar-refractivity contribution is 5.71. The van der Waals surface area contributed by atoms with Crippen LogP contribution in [-0.2, 0) is 28.6 Å². The summed E-state index contributed by atoms with van der Waals surface area (Å²) in [5.41, 5.74) is 0. The van der Waals surface area contributed by atoms with Gasteiger partial charge in [-0.25, -0.2) is 0 Å². The lowest BCUT2D eigenvalue weighted by molar-refractivity contribution is -0.167. The summed E-state index contributed by atoms with van der Waals surface area (Å²) in [6.45, 7) is 6.49. The zero-order chi connectivity index (χ0) is 49.3. The molecule has 0 amide bonds. The highest BCUT2D eigenvalue weighted by Gasteiger charge is 2.19. The fourth-order valence-corrected chi connectivity index (χ4v) is 7.85. The van der Waals surface area contributed by atoms with Crippen molar-refractivity contribution in [2.24, 2.45) is 0 Å². The molecule has 390 valence electrons. The normalized spacial score (nSPS) is 12.7. The van der Waals surface area contributed by atoms with Crippen molar-refractivity contribution >= 4 is 17.9 Å². The largest absolute Gasteiger partial charge is 0.462 e. The van der Waals surface area contributed by atoms with E-state index in [0.29, 0.717) is 19.3 Å². The summed E-state index contributed by atoms with van der Waals surface area (Å²) < 4.78 is 16.8. The predicted octanol–water partition coefficient (Wildman–Crippen LogP) is 19.2. The van der Waals surface area contributed by atoms with Crippen LogP contribution in [-0.4, -0.2) is 37.2 Å². The van der Waals surface area contributed by atoms with Gasteiger partial charge < -0.3 is 14.2 Å². The first kappa shape index (κ1) is 64.6. The van der Waals surface area contributed by atoms with Crippen LogP contribution in [0.2, 0.25) is 0 Å². The minimum Gasteiger partial charge on any atom is -0.462 e. The molecule has 0 aromatic carbocycles. The van der Waals surface area contributed by atoms with Gasteiger partial charge in [0.05, 0.1) is 0 Å². The zero-order valence-electron chi connectivity index (χ0n) is 44.6. The molecule has 0 radical (unpaired) electrons. The SMILES string of the molecule is CC/C=C\C/C=C\C/C=C\C/C=C\C/C=C\C/C=C\CCCCC(=O)OCC(COC(=O)CCCCCCCCCCCCCC)OC(=O)CCCCCCCCC/C=C\CCCCCCCC. The molecule has 68 heavy (non-hydrogen) atoms. The Kier molecular flexibility index (Phi) is 53.4. The van der Waals surface area contributed by atoms with Gasteiger partial charge in [0.15, 0.2) is 6.10 Å². The monoisotopic (exact) mass is 947 g/mol. The molecule has 6 nitrogen and oxygen atoms in total. The van der Waals surface area contributed by atoms with E-state index in [1.807, 2.05) is 0 Å². The van der Waals surface area contributed by atoms with Crippen molar-refractivity contribution in [3.05, 3.63) is 85.1 Å². The minimum atomic E-state index is -0.795. The molecule has 0 saturated carbocycles. The van der Waals surface area contributed by atoms with Crippen LogP contribution in [0.1, 0.15) is 271 Å². The maximum atomic E-state index is 12.8. The highest BCUT2D eigenvalue weighted by Crippen LogP contribution is 2.15. The van der Waals surface area contributed by atoms with E-state index in [0.717, 1.165) is 96.3 Å². The van der Waals surface area contributed by atoms with E-state index in [9.17, 15) is 14.4 Å². The van der Waals surface area contributed by atoms with Crippen molar-refractivity contribution < 1.29 is 28.6 Å². The summed E-state index contributed by atoms with van der Waals surface area (Å²) in [6.07, 6.45) is 72.9. The second-order valence-electron chi connectivity index (χ2n) is 18.8. The minimum absolute atomic E-state index is 0.0902. The summed E-state index contributed by atoms with van der Waals surface area (Å²) >= 11 is 0. The summed E-state index contributed by atoms with van der Waals surface area (Å²) in [7, 11) is 0. The maximum absolute atomic E-state index is 12.8. The molecule has 0 bridgehead atoms. The molecule has 0 N–H and O–H groups in total. The van der Waals surface area contributed by atoms with Crippen LogP contribution in [0.15, 0.2) is 85.1 Å². The van der Waals surface area contributed by atoms with Crippen molar-refractivity contribution in [3.63, 3.8) is 0 Å². The first-order valence-electron chi connectivity index (χ1n) is 28.6. The molecule has 0 aliphatic rings. The Morgan fingerprint density at radius 2 is 0.574 bits per heavy atom. The van der Waals surface area contributed by atoms with E-state index >= 15 is 0 Å². The molecule has 0 rings (SSSR count). The molecule has 6 heteroatoms. The van der Waals surface area contributed by atoms with Crippen molar-refractivity contribution in [2.45, 2.75) is 277 Å². The second kappa shape index (κ2) is 56.2. The fraction of sp³-hybridized carbons (Fsp3) is 0.726. The molecule has 0 saturated heterocycles. The Bertz CT molecular complexity index is 1320. The summed E-state index contributed by atoms with van der Waals surface area (Å²) in [5.74, 6) is -0.934. The van der Waals surface area contributed by atoms with E-state index in [2.05, 4.69) is 106 Å². The molecule has 0 spiro atoms. The van der Waals surface area contributed by atoms with Crippen LogP contribution in [0, 0.1) is 0 Å². The molecule has 0 heterocycles. The number of allylic oxidation sites excluding steroid dienone is 14. The summed E-state index contributed by atoms with van der Waals surface area (Å²) in [5, 5.41) is 0. The number of carbonyl (C=O) groups is 3.